The van der Waals surface area contributed by atoms with Crippen LogP contribution in [0.4, 0.5) is 0 Å². The van der Waals surface area contributed by atoms with Gasteiger partial charge in [-0.15, -0.1) is 11.3 Å². The number of rotatable bonds is 6. The molecule has 6 heteroatoms. The molecule has 0 N–H and O–H groups in total. The summed E-state index contributed by atoms with van der Waals surface area (Å²) >= 11 is 1.61. The van der Waals surface area contributed by atoms with Crippen LogP contribution >= 0.6 is 11.3 Å². The van der Waals surface area contributed by atoms with Crippen molar-refractivity contribution in [2.24, 2.45) is 5.41 Å². The van der Waals surface area contributed by atoms with Crippen LogP contribution in [0.25, 0.3) is 6.08 Å². The number of carbonyl (C=O) groups excluding carboxylic acids is 2. The molecule has 3 rings (SSSR count). The van der Waals surface area contributed by atoms with E-state index in [1.165, 1.54) is 0 Å². The van der Waals surface area contributed by atoms with Gasteiger partial charge in [-0.25, -0.2) is 0 Å². The fourth-order valence-electron chi connectivity index (χ4n) is 3.98. The number of hydrogen-bond acceptors (Lipinski definition) is 5. The second-order valence-corrected chi connectivity index (χ2v) is 8.35. The van der Waals surface area contributed by atoms with Crippen LogP contribution in [-0.2, 0) is 19.1 Å². The van der Waals surface area contributed by atoms with E-state index in [-0.39, 0.29) is 18.0 Å². The maximum Gasteiger partial charge on any atom is 0.312 e. The SMILES string of the molecule is CCOC(=O)C1(CC2CCCCO2)CCN(C(=O)/C=C/c2cccs2)CC1. The molecule has 5 nitrogen and oxygen atoms in total. The van der Waals surface area contributed by atoms with E-state index in [1.807, 2.05) is 35.4 Å². The van der Waals surface area contributed by atoms with E-state index in [0.29, 0.717) is 39.0 Å². The lowest BCUT2D eigenvalue weighted by molar-refractivity contribution is -0.163. The van der Waals surface area contributed by atoms with E-state index in [9.17, 15) is 9.59 Å². The zero-order chi connectivity index (χ0) is 19.1. The number of nitrogens with zero attached hydrogens (tertiary/aromatic N) is 1. The van der Waals surface area contributed by atoms with E-state index in [4.69, 9.17) is 9.47 Å². The summed E-state index contributed by atoms with van der Waals surface area (Å²) in [5, 5.41) is 1.99. The highest BCUT2D eigenvalue weighted by Gasteiger charge is 2.45. The van der Waals surface area contributed by atoms with Gasteiger partial charge in [0.1, 0.15) is 0 Å². The summed E-state index contributed by atoms with van der Waals surface area (Å²) < 4.78 is 11.3. The largest absolute Gasteiger partial charge is 0.466 e. The Morgan fingerprint density at radius 1 is 1.37 bits per heavy atom. The summed E-state index contributed by atoms with van der Waals surface area (Å²) in [4.78, 5) is 28.2. The quantitative estimate of drug-likeness (QED) is 0.545. The number of ether oxygens (including phenoxy) is 2. The monoisotopic (exact) mass is 391 g/mol. The highest BCUT2D eigenvalue weighted by Crippen LogP contribution is 2.40. The number of carbonyl (C=O) groups is 2. The Hall–Kier alpha value is -1.66. The van der Waals surface area contributed by atoms with E-state index >= 15 is 0 Å². The highest BCUT2D eigenvalue weighted by atomic mass is 32.1. The average molecular weight is 392 g/mol. The van der Waals surface area contributed by atoms with Gasteiger partial charge in [0.05, 0.1) is 18.1 Å². The second-order valence-electron chi connectivity index (χ2n) is 7.37. The van der Waals surface area contributed by atoms with Gasteiger partial charge in [0.25, 0.3) is 0 Å². The molecule has 1 atom stereocenters. The zero-order valence-corrected chi connectivity index (χ0v) is 16.8. The third-order valence-electron chi connectivity index (χ3n) is 5.57. The lowest BCUT2D eigenvalue weighted by Crippen LogP contribution is -2.48. The zero-order valence-electron chi connectivity index (χ0n) is 16.0. The first-order chi connectivity index (χ1) is 13.1. The minimum atomic E-state index is -0.522. The molecule has 1 amide bonds. The van der Waals surface area contributed by atoms with Crippen molar-refractivity contribution >= 4 is 29.3 Å². The third kappa shape index (κ3) is 5.20. The Kier molecular flexibility index (Phi) is 7.07. The molecule has 0 aromatic carbocycles. The Morgan fingerprint density at radius 2 is 2.19 bits per heavy atom. The van der Waals surface area contributed by atoms with Crippen LogP contribution in [0.1, 0.15) is 50.3 Å². The normalized spacial score (nSPS) is 22.7. The first kappa shape index (κ1) is 20.1. The number of piperidine rings is 1. The molecule has 0 spiro atoms. The van der Waals surface area contributed by atoms with Crippen molar-refractivity contribution in [1.29, 1.82) is 0 Å². The van der Waals surface area contributed by atoms with Crippen LogP contribution in [0.15, 0.2) is 23.6 Å². The van der Waals surface area contributed by atoms with Crippen molar-refractivity contribution < 1.29 is 19.1 Å². The van der Waals surface area contributed by atoms with Crippen molar-refractivity contribution in [3.63, 3.8) is 0 Å². The van der Waals surface area contributed by atoms with Gasteiger partial charge in [0.15, 0.2) is 0 Å². The molecule has 3 heterocycles. The first-order valence-corrected chi connectivity index (χ1v) is 10.8. The molecule has 0 radical (unpaired) electrons. The van der Waals surface area contributed by atoms with Crippen molar-refractivity contribution in [1.82, 2.24) is 4.90 Å². The maximum absolute atomic E-state index is 12.8. The Bertz CT molecular complexity index is 641. The standard InChI is InChI=1S/C21H29NO4S/c1-2-25-20(24)21(16-17-6-3-4-14-26-17)10-12-22(13-11-21)19(23)9-8-18-7-5-15-27-18/h5,7-9,15,17H,2-4,6,10-14,16H2,1H3/b9-8+. The molecule has 2 saturated heterocycles. The number of likely N-dealkylation sites (tertiary alicyclic amines) is 1. The van der Waals surface area contributed by atoms with Crippen LogP contribution in [0, 0.1) is 5.41 Å². The van der Waals surface area contributed by atoms with Gasteiger partial charge in [-0.1, -0.05) is 6.07 Å². The molecule has 0 bridgehead atoms. The van der Waals surface area contributed by atoms with Gasteiger partial charge in [0.2, 0.25) is 5.91 Å². The van der Waals surface area contributed by atoms with E-state index < -0.39 is 5.41 Å². The third-order valence-corrected chi connectivity index (χ3v) is 6.40. The molecule has 27 heavy (non-hydrogen) atoms. The summed E-state index contributed by atoms with van der Waals surface area (Å²) in [5.41, 5.74) is -0.522. The van der Waals surface area contributed by atoms with E-state index in [2.05, 4.69) is 0 Å². The van der Waals surface area contributed by atoms with Crippen molar-refractivity contribution in [2.75, 3.05) is 26.3 Å². The molecule has 2 fully saturated rings. The molecule has 1 unspecified atom stereocenters. The van der Waals surface area contributed by atoms with Gasteiger partial charge >= 0.3 is 5.97 Å². The van der Waals surface area contributed by atoms with E-state index in [0.717, 1.165) is 30.7 Å². The highest BCUT2D eigenvalue weighted by molar-refractivity contribution is 7.10. The van der Waals surface area contributed by atoms with Crippen LogP contribution in [0.5, 0.6) is 0 Å². The fraction of sp³-hybridized carbons (Fsp3) is 0.619. The first-order valence-electron chi connectivity index (χ1n) is 9.92. The van der Waals surface area contributed by atoms with Crippen LogP contribution in [0.3, 0.4) is 0 Å². The predicted octanol–water partition coefficient (Wildman–Crippen LogP) is 3.89. The topological polar surface area (TPSA) is 55.8 Å². The molecular formula is C21H29NO4S. The van der Waals surface area contributed by atoms with Crippen LogP contribution < -0.4 is 0 Å². The Labute approximate surface area is 165 Å². The number of esters is 1. The summed E-state index contributed by atoms with van der Waals surface area (Å²) in [6, 6.07) is 3.96. The molecule has 148 valence electrons. The van der Waals surface area contributed by atoms with Gasteiger partial charge in [-0.3, -0.25) is 9.59 Å². The maximum atomic E-state index is 12.8. The molecule has 0 saturated carbocycles. The molecule has 2 aliphatic rings. The van der Waals surface area contributed by atoms with Gasteiger partial charge < -0.3 is 14.4 Å². The minimum absolute atomic E-state index is 0.00905. The smallest absolute Gasteiger partial charge is 0.312 e. The number of amides is 1. The fourth-order valence-corrected chi connectivity index (χ4v) is 4.60. The van der Waals surface area contributed by atoms with Crippen molar-refractivity contribution in [3.05, 3.63) is 28.5 Å². The lowest BCUT2D eigenvalue weighted by Gasteiger charge is -2.41. The van der Waals surface area contributed by atoms with Gasteiger partial charge in [0, 0.05) is 30.6 Å². The Balaban J connectivity index is 1.61. The molecule has 1 aromatic rings. The predicted molar refractivity (Wildman–Crippen MR) is 106 cm³/mol. The van der Waals surface area contributed by atoms with Crippen molar-refractivity contribution in [3.8, 4) is 0 Å². The lowest BCUT2D eigenvalue weighted by atomic mass is 9.73. The average Bonchev–Trinajstić information content (AvgIpc) is 3.21. The number of hydrogen-bond donors (Lipinski definition) is 0. The number of thiophene rings is 1. The van der Waals surface area contributed by atoms with Gasteiger partial charge in [-0.2, -0.15) is 0 Å². The summed E-state index contributed by atoms with van der Waals surface area (Å²) in [6.07, 6.45) is 8.87. The van der Waals surface area contributed by atoms with E-state index in [1.54, 1.807) is 17.4 Å². The summed E-state index contributed by atoms with van der Waals surface area (Å²) in [7, 11) is 0. The summed E-state index contributed by atoms with van der Waals surface area (Å²) in [5.74, 6) is -0.116. The van der Waals surface area contributed by atoms with Crippen LogP contribution in [0.2, 0.25) is 0 Å². The van der Waals surface area contributed by atoms with Gasteiger partial charge in [-0.05, 0) is 63.0 Å². The minimum Gasteiger partial charge on any atom is -0.466 e. The van der Waals surface area contributed by atoms with Crippen LogP contribution in [-0.4, -0.2) is 49.2 Å². The summed E-state index contributed by atoms with van der Waals surface area (Å²) in [6.45, 7) is 4.18. The van der Waals surface area contributed by atoms with Crippen molar-refractivity contribution in [2.45, 2.75) is 51.6 Å². The molecule has 1 aromatic heterocycles. The molecule has 2 aliphatic heterocycles. The second kappa shape index (κ2) is 9.51. The Morgan fingerprint density at radius 3 is 2.81 bits per heavy atom. The molecule has 0 aliphatic carbocycles. The molecular weight excluding hydrogens is 362 g/mol.